The molecule has 2 aromatic rings. The van der Waals surface area contributed by atoms with Gasteiger partial charge in [0.25, 0.3) is 0 Å². The van der Waals surface area contributed by atoms with Crippen LogP contribution in [-0.2, 0) is 11.2 Å². The van der Waals surface area contributed by atoms with Crippen molar-refractivity contribution < 1.29 is 13.9 Å². The second-order valence-corrected chi connectivity index (χ2v) is 3.39. The Hall–Kier alpha value is -1.77. The van der Waals surface area contributed by atoms with Gasteiger partial charge in [-0.1, -0.05) is 0 Å². The van der Waals surface area contributed by atoms with E-state index in [1.807, 2.05) is 18.2 Å². The number of ether oxygens (including phenoxy) is 1. The quantitative estimate of drug-likeness (QED) is 0.634. The SMILES string of the molecule is O=C1COc2ccc3ccoc3c2C1. The number of carbonyl (C=O) groups is 1. The van der Waals surface area contributed by atoms with E-state index in [0.717, 1.165) is 22.3 Å². The Kier molecular flexibility index (Phi) is 1.42. The van der Waals surface area contributed by atoms with Crippen LogP contribution < -0.4 is 4.74 Å². The number of rotatable bonds is 0. The van der Waals surface area contributed by atoms with Gasteiger partial charge in [-0.2, -0.15) is 0 Å². The fraction of sp³-hybridized carbons (Fsp3) is 0.182. The summed E-state index contributed by atoms with van der Waals surface area (Å²) in [4.78, 5) is 11.2. The van der Waals surface area contributed by atoms with Gasteiger partial charge in [0.15, 0.2) is 5.78 Å². The molecule has 0 amide bonds. The van der Waals surface area contributed by atoms with Crippen molar-refractivity contribution in [3.8, 4) is 5.75 Å². The van der Waals surface area contributed by atoms with Crippen LogP contribution in [0.5, 0.6) is 5.75 Å². The molecule has 3 nitrogen and oxygen atoms in total. The third kappa shape index (κ3) is 0.954. The van der Waals surface area contributed by atoms with E-state index in [1.165, 1.54) is 0 Å². The molecule has 1 aliphatic rings. The summed E-state index contributed by atoms with van der Waals surface area (Å²) < 4.78 is 10.6. The number of hydrogen-bond donors (Lipinski definition) is 0. The minimum absolute atomic E-state index is 0.0985. The summed E-state index contributed by atoms with van der Waals surface area (Å²) in [6.07, 6.45) is 2.05. The fourth-order valence-electron chi connectivity index (χ4n) is 1.78. The average molecular weight is 188 g/mol. The molecule has 0 N–H and O–H groups in total. The second-order valence-electron chi connectivity index (χ2n) is 3.39. The van der Waals surface area contributed by atoms with Gasteiger partial charge in [0.2, 0.25) is 0 Å². The fourth-order valence-corrected chi connectivity index (χ4v) is 1.78. The Bertz CT molecular complexity index is 510. The van der Waals surface area contributed by atoms with Gasteiger partial charge in [-0.25, -0.2) is 0 Å². The molecule has 0 unspecified atom stereocenters. The van der Waals surface area contributed by atoms with Crippen LogP contribution in [0.2, 0.25) is 0 Å². The topological polar surface area (TPSA) is 39.4 Å². The predicted molar refractivity (Wildman–Crippen MR) is 50.4 cm³/mol. The smallest absolute Gasteiger partial charge is 0.174 e. The summed E-state index contributed by atoms with van der Waals surface area (Å²) >= 11 is 0. The molecule has 0 saturated carbocycles. The number of fused-ring (bicyclic) bond motifs is 3. The van der Waals surface area contributed by atoms with Crippen LogP contribution in [0.1, 0.15) is 5.56 Å². The molecule has 0 bridgehead atoms. The maximum absolute atomic E-state index is 11.2. The van der Waals surface area contributed by atoms with Crippen LogP contribution in [0.3, 0.4) is 0 Å². The summed E-state index contributed by atoms with van der Waals surface area (Å²) in [5.41, 5.74) is 1.65. The molecule has 0 radical (unpaired) electrons. The number of furan rings is 1. The minimum Gasteiger partial charge on any atom is -0.485 e. The molecule has 0 atom stereocenters. The molecule has 0 saturated heterocycles. The van der Waals surface area contributed by atoms with Crippen LogP contribution in [-0.4, -0.2) is 12.4 Å². The van der Waals surface area contributed by atoms with Crippen LogP contribution in [0.25, 0.3) is 11.0 Å². The van der Waals surface area contributed by atoms with E-state index in [4.69, 9.17) is 9.15 Å². The molecule has 3 rings (SSSR count). The molecule has 0 spiro atoms. The van der Waals surface area contributed by atoms with E-state index in [1.54, 1.807) is 6.26 Å². The highest BCUT2D eigenvalue weighted by Gasteiger charge is 2.20. The van der Waals surface area contributed by atoms with Gasteiger partial charge in [0, 0.05) is 17.4 Å². The molecule has 1 aliphatic heterocycles. The van der Waals surface area contributed by atoms with Crippen molar-refractivity contribution in [2.45, 2.75) is 6.42 Å². The first-order valence-electron chi connectivity index (χ1n) is 4.48. The number of benzene rings is 1. The monoisotopic (exact) mass is 188 g/mol. The lowest BCUT2D eigenvalue weighted by atomic mass is 10.0. The van der Waals surface area contributed by atoms with Gasteiger partial charge in [0.05, 0.1) is 6.26 Å². The zero-order chi connectivity index (χ0) is 9.54. The van der Waals surface area contributed by atoms with E-state index in [9.17, 15) is 4.79 Å². The highest BCUT2D eigenvalue weighted by molar-refractivity contribution is 5.91. The van der Waals surface area contributed by atoms with E-state index >= 15 is 0 Å². The van der Waals surface area contributed by atoms with Crippen molar-refractivity contribution in [1.29, 1.82) is 0 Å². The normalized spacial score (nSPS) is 15.3. The average Bonchev–Trinajstić information content (AvgIpc) is 2.65. The Morgan fingerprint density at radius 2 is 2.14 bits per heavy atom. The van der Waals surface area contributed by atoms with Gasteiger partial charge < -0.3 is 9.15 Å². The summed E-state index contributed by atoms with van der Waals surface area (Å²) in [6.45, 7) is 0.180. The molecule has 2 heterocycles. The highest BCUT2D eigenvalue weighted by atomic mass is 16.5. The molecular weight excluding hydrogens is 180 g/mol. The van der Waals surface area contributed by atoms with Crippen LogP contribution in [0, 0.1) is 0 Å². The summed E-state index contributed by atoms with van der Waals surface area (Å²) in [5.74, 6) is 0.869. The number of hydrogen-bond acceptors (Lipinski definition) is 3. The molecule has 14 heavy (non-hydrogen) atoms. The Labute approximate surface area is 80.3 Å². The van der Waals surface area contributed by atoms with Crippen LogP contribution in [0.4, 0.5) is 0 Å². The van der Waals surface area contributed by atoms with E-state index < -0.39 is 0 Å². The van der Waals surface area contributed by atoms with Gasteiger partial charge in [-0.05, 0) is 18.2 Å². The second kappa shape index (κ2) is 2.61. The summed E-state index contributed by atoms with van der Waals surface area (Å²) in [6, 6.07) is 5.71. The summed E-state index contributed by atoms with van der Waals surface area (Å²) in [5, 5.41) is 1.02. The third-order valence-electron chi connectivity index (χ3n) is 2.44. The Balaban J connectivity index is 2.31. The Morgan fingerprint density at radius 1 is 1.21 bits per heavy atom. The molecule has 1 aromatic carbocycles. The van der Waals surface area contributed by atoms with Gasteiger partial charge in [-0.15, -0.1) is 0 Å². The lowest BCUT2D eigenvalue weighted by Gasteiger charge is -2.15. The van der Waals surface area contributed by atoms with Crippen LogP contribution in [0.15, 0.2) is 28.9 Å². The molecule has 0 aliphatic carbocycles. The van der Waals surface area contributed by atoms with Crippen molar-refractivity contribution in [2.75, 3.05) is 6.61 Å². The van der Waals surface area contributed by atoms with Gasteiger partial charge in [0.1, 0.15) is 17.9 Å². The van der Waals surface area contributed by atoms with Gasteiger partial charge >= 0.3 is 0 Å². The predicted octanol–water partition coefficient (Wildman–Crippen LogP) is 1.94. The third-order valence-corrected chi connectivity index (χ3v) is 2.44. The lowest BCUT2D eigenvalue weighted by Crippen LogP contribution is -2.20. The largest absolute Gasteiger partial charge is 0.485 e. The first kappa shape index (κ1) is 7.62. The zero-order valence-corrected chi connectivity index (χ0v) is 7.45. The molecule has 0 fully saturated rings. The van der Waals surface area contributed by atoms with E-state index in [-0.39, 0.29) is 12.4 Å². The molecule has 1 aromatic heterocycles. The van der Waals surface area contributed by atoms with E-state index in [0.29, 0.717) is 6.42 Å². The van der Waals surface area contributed by atoms with Crippen molar-refractivity contribution in [3.63, 3.8) is 0 Å². The van der Waals surface area contributed by atoms with Gasteiger partial charge in [-0.3, -0.25) is 4.79 Å². The maximum atomic E-state index is 11.2. The molecule has 3 heteroatoms. The summed E-state index contributed by atoms with van der Waals surface area (Å²) in [7, 11) is 0. The Morgan fingerprint density at radius 3 is 3.07 bits per heavy atom. The highest BCUT2D eigenvalue weighted by Crippen LogP contribution is 2.31. The number of Topliss-reactive ketones (excluding diaryl/α,β-unsaturated/α-hetero) is 1. The minimum atomic E-state index is 0.0985. The number of ketones is 1. The first-order chi connectivity index (χ1) is 6.84. The standard InChI is InChI=1S/C11H8O3/c12-8-5-9-10(14-6-8)2-1-7-3-4-13-11(7)9/h1-4H,5-6H2. The van der Waals surface area contributed by atoms with Crippen molar-refractivity contribution in [1.82, 2.24) is 0 Å². The lowest BCUT2D eigenvalue weighted by molar-refractivity contribution is -0.121. The van der Waals surface area contributed by atoms with Crippen molar-refractivity contribution in [3.05, 3.63) is 30.0 Å². The molecule has 70 valence electrons. The maximum Gasteiger partial charge on any atom is 0.174 e. The number of carbonyl (C=O) groups excluding carboxylic acids is 1. The van der Waals surface area contributed by atoms with Crippen molar-refractivity contribution >= 4 is 16.8 Å². The van der Waals surface area contributed by atoms with E-state index in [2.05, 4.69) is 0 Å². The molecular formula is C11H8O3. The van der Waals surface area contributed by atoms with Crippen LogP contribution >= 0.6 is 0 Å². The first-order valence-corrected chi connectivity index (χ1v) is 4.48. The van der Waals surface area contributed by atoms with Crippen molar-refractivity contribution in [2.24, 2.45) is 0 Å². The zero-order valence-electron chi connectivity index (χ0n) is 7.45.